The fourth-order valence-electron chi connectivity index (χ4n) is 2.67. The first-order valence-electron chi connectivity index (χ1n) is 8.30. The van der Waals surface area contributed by atoms with Crippen molar-refractivity contribution in [2.45, 2.75) is 6.42 Å². The van der Waals surface area contributed by atoms with Crippen LogP contribution in [0.25, 0.3) is 10.9 Å². The Kier molecular flexibility index (Phi) is 5.86. The predicted molar refractivity (Wildman–Crippen MR) is 109 cm³/mol. The first kappa shape index (κ1) is 17.9. The van der Waals surface area contributed by atoms with Crippen LogP contribution in [-0.4, -0.2) is 30.9 Å². The molecular formula is C20H21N3O2S. The average Bonchev–Trinajstić information content (AvgIpc) is 2.67. The Balaban J connectivity index is 1.53. The van der Waals surface area contributed by atoms with Crippen LogP contribution >= 0.6 is 12.2 Å². The number of rotatable bonds is 6. The summed E-state index contributed by atoms with van der Waals surface area (Å²) >= 11 is 5.37. The second kappa shape index (κ2) is 8.49. The Morgan fingerprint density at radius 1 is 1.04 bits per heavy atom. The number of pyridine rings is 1. The number of benzene rings is 2. The van der Waals surface area contributed by atoms with Crippen LogP contribution in [0, 0.1) is 0 Å². The Bertz CT molecular complexity index is 914. The highest BCUT2D eigenvalue weighted by Gasteiger charge is 2.05. The maximum atomic E-state index is 5.37. The van der Waals surface area contributed by atoms with E-state index in [1.807, 2.05) is 48.5 Å². The minimum absolute atomic E-state index is 0.572. The van der Waals surface area contributed by atoms with Crippen molar-refractivity contribution in [3.8, 4) is 11.5 Å². The van der Waals surface area contributed by atoms with Gasteiger partial charge in [0.1, 0.15) is 0 Å². The number of ether oxygens (including phenoxy) is 2. The number of nitrogens with one attached hydrogen (secondary N) is 2. The van der Waals surface area contributed by atoms with E-state index < -0.39 is 0 Å². The maximum absolute atomic E-state index is 5.37. The van der Waals surface area contributed by atoms with Gasteiger partial charge in [-0.15, -0.1) is 0 Å². The molecule has 26 heavy (non-hydrogen) atoms. The number of fused-ring (bicyclic) bond motifs is 1. The van der Waals surface area contributed by atoms with Gasteiger partial charge in [-0.1, -0.05) is 24.3 Å². The Labute approximate surface area is 158 Å². The van der Waals surface area contributed by atoms with E-state index in [1.54, 1.807) is 20.4 Å². The molecule has 0 amide bonds. The van der Waals surface area contributed by atoms with E-state index in [0.717, 1.165) is 40.1 Å². The van der Waals surface area contributed by atoms with Gasteiger partial charge in [0.2, 0.25) is 0 Å². The summed E-state index contributed by atoms with van der Waals surface area (Å²) in [6, 6.07) is 15.9. The molecule has 2 aromatic carbocycles. The molecule has 2 N–H and O–H groups in total. The highest BCUT2D eigenvalue weighted by molar-refractivity contribution is 7.80. The number of hydrogen-bond donors (Lipinski definition) is 2. The van der Waals surface area contributed by atoms with E-state index in [-0.39, 0.29) is 0 Å². The molecule has 0 aliphatic heterocycles. The molecule has 0 fully saturated rings. The largest absolute Gasteiger partial charge is 0.493 e. The SMILES string of the molecule is COc1ccc(CCNC(=S)Nc2cnc3ccccc3c2)cc1OC. The molecule has 3 aromatic rings. The normalized spacial score (nSPS) is 10.4. The van der Waals surface area contributed by atoms with Crippen LogP contribution in [0.4, 0.5) is 5.69 Å². The van der Waals surface area contributed by atoms with Crippen LogP contribution in [0.2, 0.25) is 0 Å². The van der Waals surface area contributed by atoms with Crippen molar-refractivity contribution in [2.24, 2.45) is 0 Å². The lowest BCUT2D eigenvalue weighted by Crippen LogP contribution is -2.30. The topological polar surface area (TPSA) is 55.4 Å². The average molecular weight is 367 g/mol. The molecule has 6 heteroatoms. The molecule has 0 spiro atoms. The molecule has 5 nitrogen and oxygen atoms in total. The number of thiocarbonyl (C=S) groups is 1. The van der Waals surface area contributed by atoms with E-state index in [9.17, 15) is 0 Å². The van der Waals surface area contributed by atoms with Crippen molar-refractivity contribution in [3.63, 3.8) is 0 Å². The third-order valence-electron chi connectivity index (χ3n) is 4.00. The van der Waals surface area contributed by atoms with E-state index in [4.69, 9.17) is 21.7 Å². The summed E-state index contributed by atoms with van der Waals surface area (Å²) < 4.78 is 10.6. The van der Waals surface area contributed by atoms with Gasteiger partial charge in [0.15, 0.2) is 16.6 Å². The van der Waals surface area contributed by atoms with Crippen molar-refractivity contribution in [2.75, 3.05) is 26.1 Å². The number of anilines is 1. The third-order valence-corrected chi connectivity index (χ3v) is 4.24. The van der Waals surface area contributed by atoms with E-state index in [0.29, 0.717) is 11.7 Å². The van der Waals surface area contributed by atoms with Gasteiger partial charge < -0.3 is 20.1 Å². The van der Waals surface area contributed by atoms with Crippen LogP contribution < -0.4 is 20.1 Å². The molecule has 3 rings (SSSR count). The fourth-order valence-corrected chi connectivity index (χ4v) is 2.89. The summed E-state index contributed by atoms with van der Waals surface area (Å²) in [5, 5.41) is 8.03. The molecule has 0 saturated heterocycles. The van der Waals surface area contributed by atoms with Crippen LogP contribution in [0.3, 0.4) is 0 Å². The molecule has 0 bridgehead atoms. The van der Waals surface area contributed by atoms with Gasteiger partial charge in [-0.25, -0.2) is 0 Å². The van der Waals surface area contributed by atoms with Crippen molar-refractivity contribution in [1.82, 2.24) is 10.3 Å². The predicted octanol–water partition coefficient (Wildman–Crippen LogP) is 3.78. The Hall–Kier alpha value is -2.86. The van der Waals surface area contributed by atoms with Gasteiger partial charge in [0.05, 0.1) is 31.6 Å². The molecular weight excluding hydrogens is 346 g/mol. The summed E-state index contributed by atoms with van der Waals surface area (Å²) in [5.41, 5.74) is 2.98. The first-order chi connectivity index (χ1) is 12.7. The number of para-hydroxylation sites is 1. The van der Waals surface area contributed by atoms with E-state index in [2.05, 4.69) is 15.6 Å². The van der Waals surface area contributed by atoms with Gasteiger partial charge >= 0.3 is 0 Å². The molecule has 0 atom stereocenters. The lowest BCUT2D eigenvalue weighted by Gasteiger charge is -2.12. The molecule has 0 saturated carbocycles. The minimum atomic E-state index is 0.572. The summed E-state index contributed by atoms with van der Waals surface area (Å²) in [4.78, 5) is 4.42. The smallest absolute Gasteiger partial charge is 0.170 e. The Morgan fingerprint density at radius 3 is 2.65 bits per heavy atom. The molecule has 0 aliphatic rings. The monoisotopic (exact) mass is 367 g/mol. The summed E-state index contributed by atoms with van der Waals surface area (Å²) in [5.74, 6) is 1.46. The summed E-state index contributed by atoms with van der Waals surface area (Å²) in [7, 11) is 3.27. The number of nitrogens with zero attached hydrogens (tertiary/aromatic N) is 1. The van der Waals surface area contributed by atoms with Crippen LogP contribution in [0.1, 0.15) is 5.56 Å². The van der Waals surface area contributed by atoms with Gasteiger partial charge in [-0.2, -0.15) is 0 Å². The van der Waals surface area contributed by atoms with Crippen molar-refractivity contribution in [3.05, 3.63) is 60.3 Å². The maximum Gasteiger partial charge on any atom is 0.170 e. The van der Waals surface area contributed by atoms with Crippen LogP contribution in [0.5, 0.6) is 11.5 Å². The Morgan fingerprint density at radius 2 is 1.85 bits per heavy atom. The standard InChI is InChI=1S/C20H21N3O2S/c1-24-18-8-7-14(11-19(18)25-2)9-10-21-20(26)23-16-12-15-5-3-4-6-17(15)22-13-16/h3-8,11-13H,9-10H2,1-2H3,(H2,21,23,26). The molecule has 0 radical (unpaired) electrons. The van der Waals surface area contributed by atoms with Crippen LogP contribution in [-0.2, 0) is 6.42 Å². The van der Waals surface area contributed by atoms with Gasteiger partial charge in [-0.05, 0) is 48.5 Å². The summed E-state index contributed by atoms with van der Waals surface area (Å²) in [6.45, 7) is 0.711. The highest BCUT2D eigenvalue weighted by atomic mass is 32.1. The minimum Gasteiger partial charge on any atom is -0.493 e. The number of methoxy groups -OCH3 is 2. The van der Waals surface area contributed by atoms with E-state index in [1.165, 1.54) is 0 Å². The first-order valence-corrected chi connectivity index (χ1v) is 8.71. The number of hydrogen-bond acceptors (Lipinski definition) is 4. The van der Waals surface area contributed by atoms with E-state index >= 15 is 0 Å². The fraction of sp³-hybridized carbons (Fsp3) is 0.200. The van der Waals surface area contributed by atoms with Crippen molar-refractivity contribution < 1.29 is 9.47 Å². The zero-order valence-corrected chi connectivity index (χ0v) is 15.6. The molecule has 0 aliphatic carbocycles. The molecule has 1 aromatic heterocycles. The van der Waals surface area contributed by atoms with Gasteiger partial charge in [0, 0.05) is 11.9 Å². The van der Waals surface area contributed by atoms with Crippen LogP contribution in [0.15, 0.2) is 54.7 Å². The molecule has 1 heterocycles. The van der Waals surface area contributed by atoms with Gasteiger partial charge in [0.25, 0.3) is 0 Å². The van der Waals surface area contributed by atoms with Crippen molar-refractivity contribution >= 4 is 33.9 Å². The lowest BCUT2D eigenvalue weighted by molar-refractivity contribution is 0.354. The lowest BCUT2D eigenvalue weighted by atomic mass is 10.1. The molecule has 0 unspecified atom stereocenters. The molecule has 134 valence electrons. The number of aromatic nitrogens is 1. The second-order valence-electron chi connectivity index (χ2n) is 5.74. The summed E-state index contributed by atoms with van der Waals surface area (Å²) in [6.07, 6.45) is 2.60. The zero-order valence-electron chi connectivity index (χ0n) is 14.8. The zero-order chi connectivity index (χ0) is 18.4. The van der Waals surface area contributed by atoms with Gasteiger partial charge in [-0.3, -0.25) is 4.98 Å². The van der Waals surface area contributed by atoms with Crippen molar-refractivity contribution in [1.29, 1.82) is 0 Å². The second-order valence-corrected chi connectivity index (χ2v) is 6.15. The quantitative estimate of drug-likeness (QED) is 0.647. The highest BCUT2D eigenvalue weighted by Crippen LogP contribution is 2.27. The third kappa shape index (κ3) is 4.40.